The van der Waals surface area contributed by atoms with Gasteiger partial charge in [0.05, 0.1) is 19.4 Å². The van der Waals surface area contributed by atoms with Crippen molar-refractivity contribution in [2.75, 3.05) is 13.7 Å². The van der Waals surface area contributed by atoms with E-state index in [1.807, 2.05) is 62.4 Å². The highest BCUT2D eigenvalue weighted by Crippen LogP contribution is 2.21. The van der Waals surface area contributed by atoms with Gasteiger partial charge in [-0.05, 0) is 49.2 Å². The molecule has 29 heavy (non-hydrogen) atoms. The molecule has 0 saturated heterocycles. The van der Waals surface area contributed by atoms with Crippen molar-refractivity contribution in [2.45, 2.75) is 39.0 Å². The Kier molecular flexibility index (Phi) is 6.99. The van der Waals surface area contributed by atoms with Crippen LogP contribution >= 0.6 is 11.6 Å². The molecule has 0 radical (unpaired) electrons. The summed E-state index contributed by atoms with van der Waals surface area (Å²) in [6, 6.07) is 15.1. The normalized spacial score (nSPS) is 15.6. The summed E-state index contributed by atoms with van der Waals surface area (Å²) in [6.07, 6.45) is 0.426. The van der Waals surface area contributed by atoms with Crippen LogP contribution in [0.5, 0.6) is 5.75 Å². The molecule has 6 nitrogen and oxygen atoms in total. The van der Waals surface area contributed by atoms with Crippen molar-refractivity contribution < 1.29 is 14.4 Å². The van der Waals surface area contributed by atoms with Crippen molar-refractivity contribution in [3.8, 4) is 5.75 Å². The minimum absolute atomic E-state index is 0.0423. The Morgan fingerprint density at radius 3 is 2.76 bits per heavy atom. The third-order valence-electron chi connectivity index (χ3n) is 4.54. The van der Waals surface area contributed by atoms with Gasteiger partial charge in [-0.15, -0.1) is 0 Å². The number of hydrogen-bond acceptors (Lipinski definition) is 4. The van der Waals surface area contributed by atoms with Crippen molar-refractivity contribution in [2.24, 2.45) is 5.16 Å². The Labute approximate surface area is 176 Å². The number of rotatable bonds is 7. The Bertz CT molecular complexity index is 868. The first-order chi connectivity index (χ1) is 13.9. The van der Waals surface area contributed by atoms with E-state index in [4.69, 9.17) is 21.2 Å². The van der Waals surface area contributed by atoms with E-state index in [9.17, 15) is 4.79 Å². The fraction of sp³-hybridized carbons (Fsp3) is 0.364. The highest BCUT2D eigenvalue weighted by atomic mass is 35.5. The monoisotopic (exact) mass is 415 g/mol. The lowest BCUT2D eigenvalue weighted by molar-refractivity contribution is 0.0586. The Balaban J connectivity index is 1.68. The van der Waals surface area contributed by atoms with E-state index >= 15 is 0 Å². The zero-order chi connectivity index (χ0) is 20.8. The summed E-state index contributed by atoms with van der Waals surface area (Å²) in [5.74, 6) is 0.761. The highest BCUT2D eigenvalue weighted by molar-refractivity contribution is 6.30. The SMILES string of the molecule is COc1cccc(CN(C[C@H]2CC(c3ccc(Cl)cc3)=NO2)C(=O)NC(C)C)c1. The van der Waals surface area contributed by atoms with Crippen molar-refractivity contribution in [3.05, 3.63) is 64.7 Å². The second kappa shape index (κ2) is 9.65. The number of benzene rings is 2. The van der Waals surface area contributed by atoms with E-state index < -0.39 is 0 Å². The number of ether oxygens (including phenoxy) is 1. The third kappa shape index (κ3) is 5.87. The molecule has 154 valence electrons. The third-order valence-corrected chi connectivity index (χ3v) is 4.79. The van der Waals surface area contributed by atoms with E-state index in [-0.39, 0.29) is 18.2 Å². The number of nitrogens with zero attached hydrogens (tertiary/aromatic N) is 2. The van der Waals surface area contributed by atoms with Crippen LogP contribution in [-0.2, 0) is 11.4 Å². The molecule has 1 aliphatic heterocycles. The summed E-state index contributed by atoms with van der Waals surface area (Å²) in [7, 11) is 1.63. The number of carbonyl (C=O) groups excluding carboxylic acids is 1. The maximum atomic E-state index is 12.8. The van der Waals surface area contributed by atoms with Gasteiger partial charge in [-0.25, -0.2) is 4.79 Å². The number of methoxy groups -OCH3 is 1. The highest BCUT2D eigenvalue weighted by Gasteiger charge is 2.27. The average Bonchev–Trinajstić information content (AvgIpc) is 3.16. The molecule has 2 aromatic carbocycles. The Hall–Kier alpha value is -2.73. The maximum Gasteiger partial charge on any atom is 0.318 e. The number of oxime groups is 1. The summed E-state index contributed by atoms with van der Waals surface area (Å²) in [6.45, 7) is 4.76. The smallest absolute Gasteiger partial charge is 0.318 e. The van der Waals surface area contributed by atoms with E-state index in [1.165, 1.54) is 0 Å². The quantitative estimate of drug-likeness (QED) is 0.726. The number of urea groups is 1. The van der Waals surface area contributed by atoms with Crippen LogP contribution in [0.25, 0.3) is 0 Å². The Morgan fingerprint density at radius 2 is 2.07 bits per heavy atom. The van der Waals surface area contributed by atoms with Gasteiger partial charge in [-0.2, -0.15) is 0 Å². The zero-order valence-corrected chi connectivity index (χ0v) is 17.6. The van der Waals surface area contributed by atoms with Gasteiger partial charge in [0.25, 0.3) is 0 Å². The molecule has 7 heteroatoms. The van der Waals surface area contributed by atoms with E-state index in [0.717, 1.165) is 22.6 Å². The molecule has 3 rings (SSSR count). The summed E-state index contributed by atoms with van der Waals surface area (Å²) in [4.78, 5) is 20.1. The van der Waals surface area contributed by atoms with E-state index in [1.54, 1.807) is 12.0 Å². The van der Waals surface area contributed by atoms with Crippen LogP contribution < -0.4 is 10.1 Å². The van der Waals surface area contributed by atoms with Gasteiger partial charge in [0.2, 0.25) is 0 Å². The molecule has 0 aromatic heterocycles. The largest absolute Gasteiger partial charge is 0.497 e. The summed E-state index contributed by atoms with van der Waals surface area (Å²) < 4.78 is 5.29. The molecule has 2 amide bonds. The number of nitrogens with one attached hydrogen (secondary N) is 1. The molecular weight excluding hydrogens is 390 g/mol. The lowest BCUT2D eigenvalue weighted by Crippen LogP contribution is -2.45. The van der Waals surface area contributed by atoms with Crippen LogP contribution in [0, 0.1) is 0 Å². The lowest BCUT2D eigenvalue weighted by atomic mass is 10.0. The fourth-order valence-electron chi connectivity index (χ4n) is 3.13. The van der Waals surface area contributed by atoms with E-state index in [2.05, 4.69) is 10.5 Å². The van der Waals surface area contributed by atoms with Gasteiger partial charge < -0.3 is 19.8 Å². The number of hydrogen-bond donors (Lipinski definition) is 1. The molecule has 0 bridgehead atoms. The van der Waals surface area contributed by atoms with Crippen LogP contribution in [-0.4, -0.2) is 42.4 Å². The summed E-state index contributed by atoms with van der Waals surface area (Å²) in [5.41, 5.74) is 2.82. The van der Waals surface area contributed by atoms with E-state index in [0.29, 0.717) is 24.5 Å². The molecule has 0 unspecified atom stereocenters. The molecule has 1 aliphatic rings. The summed E-state index contributed by atoms with van der Waals surface area (Å²) >= 11 is 5.96. The predicted octanol–water partition coefficient (Wildman–Crippen LogP) is 4.46. The van der Waals surface area contributed by atoms with Crippen LogP contribution in [0.2, 0.25) is 5.02 Å². The molecule has 0 aliphatic carbocycles. The van der Waals surface area contributed by atoms with Gasteiger partial charge in [-0.3, -0.25) is 0 Å². The molecule has 1 N–H and O–H groups in total. The number of amides is 2. The van der Waals surface area contributed by atoms with Gasteiger partial charge >= 0.3 is 6.03 Å². The van der Waals surface area contributed by atoms with Crippen molar-refractivity contribution in [1.82, 2.24) is 10.2 Å². The fourth-order valence-corrected chi connectivity index (χ4v) is 3.26. The first-order valence-corrected chi connectivity index (χ1v) is 9.99. The second-order valence-electron chi connectivity index (χ2n) is 7.31. The van der Waals surface area contributed by atoms with Crippen molar-refractivity contribution in [1.29, 1.82) is 0 Å². The topological polar surface area (TPSA) is 63.2 Å². The van der Waals surface area contributed by atoms with Crippen molar-refractivity contribution in [3.63, 3.8) is 0 Å². The molecule has 0 spiro atoms. The minimum atomic E-state index is -0.204. The molecule has 0 saturated carbocycles. The van der Waals surface area contributed by atoms with Crippen LogP contribution in [0.1, 0.15) is 31.4 Å². The molecular formula is C22H26ClN3O3. The average molecular weight is 416 g/mol. The van der Waals surface area contributed by atoms with Gasteiger partial charge in [0.1, 0.15) is 5.75 Å². The lowest BCUT2D eigenvalue weighted by Gasteiger charge is -2.26. The molecule has 1 heterocycles. The van der Waals surface area contributed by atoms with Gasteiger partial charge in [-0.1, -0.05) is 41.0 Å². The molecule has 1 atom stereocenters. The minimum Gasteiger partial charge on any atom is -0.497 e. The zero-order valence-electron chi connectivity index (χ0n) is 16.9. The maximum absolute atomic E-state index is 12.8. The molecule has 2 aromatic rings. The number of carbonyl (C=O) groups is 1. The first kappa shape index (κ1) is 21.0. The van der Waals surface area contributed by atoms with Gasteiger partial charge in [0.15, 0.2) is 6.10 Å². The van der Waals surface area contributed by atoms with Crippen molar-refractivity contribution >= 4 is 23.3 Å². The number of halogens is 1. The second-order valence-corrected chi connectivity index (χ2v) is 7.75. The Morgan fingerprint density at radius 1 is 1.31 bits per heavy atom. The standard InChI is InChI=1S/C22H26ClN3O3/c1-15(2)24-22(27)26(13-16-5-4-6-19(11-16)28-3)14-20-12-21(25-29-20)17-7-9-18(23)10-8-17/h4-11,15,20H,12-14H2,1-3H3,(H,24,27)/t20-/m1/s1. The predicted molar refractivity (Wildman–Crippen MR) is 115 cm³/mol. The first-order valence-electron chi connectivity index (χ1n) is 9.61. The van der Waals surface area contributed by atoms with Crippen LogP contribution in [0.4, 0.5) is 4.79 Å². The van der Waals surface area contributed by atoms with Crippen LogP contribution in [0.15, 0.2) is 53.7 Å². The summed E-state index contributed by atoms with van der Waals surface area (Å²) in [5, 5.41) is 7.86. The van der Waals surface area contributed by atoms with Crippen LogP contribution in [0.3, 0.4) is 0 Å². The molecule has 0 fully saturated rings. The van der Waals surface area contributed by atoms with Gasteiger partial charge in [0, 0.05) is 24.0 Å².